The molecule has 0 aliphatic carbocycles. The van der Waals surface area contributed by atoms with E-state index in [1.807, 2.05) is 18.2 Å². The third-order valence-corrected chi connectivity index (χ3v) is 11.0. The lowest BCUT2D eigenvalue weighted by Gasteiger charge is -2.24. The van der Waals surface area contributed by atoms with Gasteiger partial charge in [0.15, 0.2) is 0 Å². The minimum Gasteiger partial charge on any atom is -0.462 e. The largest absolute Gasteiger partial charge is 0.462 e. The van der Waals surface area contributed by atoms with Crippen LogP contribution in [0, 0.1) is 0 Å². The van der Waals surface area contributed by atoms with Crippen LogP contribution in [0.25, 0.3) is 0 Å². The van der Waals surface area contributed by atoms with Crippen LogP contribution < -0.4 is 5.32 Å². The Hall–Kier alpha value is -3.22. The molecule has 0 radical (unpaired) electrons. The standard InChI is InChI=1S/C56H95NO5/c1-4-7-10-13-16-19-22-24-26-28-30-32-34-37-40-43-46-49-56(61)62-52(47-44-41-38-35-33-31-29-27-25-23-20-17-14-11-8-5-2)50-55(60)57-53(51-58)54(59)48-45-42-39-36-21-18-15-12-9-6-3/h16-17,19-20,23-27,29-33,37,40,52-54,58-59H,4-15,18,21-22,28,34-36,38-39,41-51H2,1-3H3,(H,57,60)/b19-16-,20-17+,25-23+,26-24-,29-27+,32-30-,33-31+,40-37-. The topological polar surface area (TPSA) is 95.9 Å². The van der Waals surface area contributed by atoms with Crippen LogP contribution >= 0.6 is 0 Å². The molecule has 3 atom stereocenters. The fraction of sp³-hybridized carbons (Fsp3) is 0.679. The number of rotatable bonds is 44. The van der Waals surface area contributed by atoms with Gasteiger partial charge in [-0.1, -0.05) is 214 Å². The van der Waals surface area contributed by atoms with Crippen molar-refractivity contribution in [1.82, 2.24) is 5.32 Å². The fourth-order valence-electron chi connectivity index (χ4n) is 7.08. The third kappa shape index (κ3) is 43.4. The predicted molar refractivity (Wildman–Crippen MR) is 268 cm³/mol. The molecular formula is C56H95NO5. The second-order valence-electron chi connectivity index (χ2n) is 17.0. The monoisotopic (exact) mass is 862 g/mol. The van der Waals surface area contributed by atoms with Crippen molar-refractivity contribution in [3.05, 3.63) is 97.2 Å². The van der Waals surface area contributed by atoms with E-state index in [9.17, 15) is 19.8 Å². The van der Waals surface area contributed by atoms with Crippen LogP contribution in [-0.4, -0.2) is 46.9 Å². The number of hydrogen-bond acceptors (Lipinski definition) is 5. The van der Waals surface area contributed by atoms with Gasteiger partial charge in [0.1, 0.15) is 6.10 Å². The third-order valence-electron chi connectivity index (χ3n) is 11.0. The summed E-state index contributed by atoms with van der Waals surface area (Å²) in [5.41, 5.74) is 0. The Bertz CT molecular complexity index is 1240. The highest BCUT2D eigenvalue weighted by Crippen LogP contribution is 2.16. The number of allylic oxidation sites excluding steroid dienone is 16. The first-order chi connectivity index (χ1) is 30.5. The van der Waals surface area contributed by atoms with Gasteiger partial charge in [-0.25, -0.2) is 0 Å². The molecule has 0 aromatic carbocycles. The highest BCUT2D eigenvalue weighted by Gasteiger charge is 2.24. The molecule has 0 aromatic heterocycles. The van der Waals surface area contributed by atoms with Crippen molar-refractivity contribution in [3.63, 3.8) is 0 Å². The molecule has 0 aliphatic rings. The second kappa shape index (κ2) is 48.8. The molecule has 0 saturated heterocycles. The Morgan fingerprint density at radius 2 is 0.887 bits per heavy atom. The van der Waals surface area contributed by atoms with Crippen molar-refractivity contribution in [3.8, 4) is 0 Å². The maximum Gasteiger partial charge on any atom is 0.306 e. The first-order valence-corrected chi connectivity index (χ1v) is 25.5. The molecule has 354 valence electrons. The van der Waals surface area contributed by atoms with E-state index in [1.54, 1.807) is 0 Å². The van der Waals surface area contributed by atoms with Crippen LogP contribution in [0.5, 0.6) is 0 Å². The average molecular weight is 862 g/mol. The molecule has 3 N–H and O–H groups in total. The summed E-state index contributed by atoms with van der Waals surface area (Å²) < 4.78 is 5.88. The maximum absolute atomic E-state index is 13.2. The van der Waals surface area contributed by atoms with Crippen LogP contribution in [0.1, 0.15) is 220 Å². The summed E-state index contributed by atoms with van der Waals surface area (Å²) in [5.74, 6) is -0.588. The van der Waals surface area contributed by atoms with Crippen molar-refractivity contribution in [2.45, 2.75) is 238 Å². The van der Waals surface area contributed by atoms with Crippen LogP contribution in [0.15, 0.2) is 97.2 Å². The van der Waals surface area contributed by atoms with Crippen molar-refractivity contribution < 1.29 is 24.5 Å². The lowest BCUT2D eigenvalue weighted by molar-refractivity contribution is -0.151. The molecule has 62 heavy (non-hydrogen) atoms. The Morgan fingerprint density at radius 3 is 1.42 bits per heavy atom. The number of aliphatic hydroxyl groups excluding tert-OH is 2. The molecule has 6 heteroatoms. The molecule has 0 aromatic rings. The Labute approximate surface area is 382 Å². The van der Waals surface area contributed by atoms with E-state index in [0.29, 0.717) is 25.7 Å². The summed E-state index contributed by atoms with van der Waals surface area (Å²) in [6.07, 6.45) is 64.6. The molecule has 0 saturated carbocycles. The first kappa shape index (κ1) is 58.8. The first-order valence-electron chi connectivity index (χ1n) is 25.5. The lowest BCUT2D eigenvalue weighted by atomic mass is 10.0. The van der Waals surface area contributed by atoms with E-state index in [2.05, 4.69) is 105 Å². The summed E-state index contributed by atoms with van der Waals surface area (Å²) in [7, 11) is 0. The van der Waals surface area contributed by atoms with Gasteiger partial charge in [-0.05, 0) is 89.9 Å². The van der Waals surface area contributed by atoms with Crippen LogP contribution in [0.4, 0.5) is 0 Å². The Morgan fingerprint density at radius 1 is 0.484 bits per heavy atom. The van der Waals surface area contributed by atoms with Gasteiger partial charge in [-0.15, -0.1) is 0 Å². The van der Waals surface area contributed by atoms with Crippen molar-refractivity contribution in [2.24, 2.45) is 0 Å². The fourth-order valence-corrected chi connectivity index (χ4v) is 7.08. The molecule has 0 rings (SSSR count). The summed E-state index contributed by atoms with van der Waals surface area (Å²) >= 11 is 0. The summed E-state index contributed by atoms with van der Waals surface area (Å²) in [6.45, 7) is 6.37. The second-order valence-corrected chi connectivity index (χ2v) is 17.0. The number of unbranched alkanes of at least 4 members (excludes halogenated alkanes) is 19. The predicted octanol–water partition coefficient (Wildman–Crippen LogP) is 15.3. The molecule has 0 bridgehead atoms. The minimum atomic E-state index is -0.812. The molecule has 0 aliphatic heterocycles. The van der Waals surface area contributed by atoms with E-state index in [1.165, 1.54) is 89.9 Å². The Balaban J connectivity index is 4.80. The quantitative estimate of drug-likeness (QED) is 0.0245. The summed E-state index contributed by atoms with van der Waals surface area (Å²) in [4.78, 5) is 26.1. The molecule has 0 fully saturated rings. The molecule has 3 unspecified atom stereocenters. The van der Waals surface area contributed by atoms with Crippen LogP contribution in [0.3, 0.4) is 0 Å². The normalized spacial score (nSPS) is 14.1. The summed E-state index contributed by atoms with van der Waals surface area (Å²) in [6, 6.07) is -0.730. The number of carbonyl (C=O) groups is 2. The maximum atomic E-state index is 13.2. The number of carbonyl (C=O) groups excluding carboxylic acids is 2. The summed E-state index contributed by atoms with van der Waals surface area (Å²) in [5, 5.41) is 23.7. The lowest BCUT2D eigenvalue weighted by Crippen LogP contribution is -2.46. The molecular weight excluding hydrogens is 767 g/mol. The van der Waals surface area contributed by atoms with Gasteiger partial charge >= 0.3 is 5.97 Å². The smallest absolute Gasteiger partial charge is 0.306 e. The van der Waals surface area contributed by atoms with E-state index in [4.69, 9.17) is 4.74 Å². The van der Waals surface area contributed by atoms with Gasteiger partial charge in [0.2, 0.25) is 5.91 Å². The molecule has 0 spiro atoms. The average Bonchev–Trinajstić information content (AvgIpc) is 3.26. The van der Waals surface area contributed by atoms with Crippen LogP contribution in [-0.2, 0) is 14.3 Å². The van der Waals surface area contributed by atoms with E-state index in [0.717, 1.165) is 77.0 Å². The number of esters is 1. The zero-order valence-corrected chi connectivity index (χ0v) is 40.2. The van der Waals surface area contributed by atoms with Gasteiger partial charge in [0.25, 0.3) is 0 Å². The highest BCUT2D eigenvalue weighted by molar-refractivity contribution is 5.77. The van der Waals surface area contributed by atoms with Crippen LogP contribution in [0.2, 0.25) is 0 Å². The van der Waals surface area contributed by atoms with Gasteiger partial charge < -0.3 is 20.3 Å². The zero-order chi connectivity index (χ0) is 45.2. The number of nitrogens with one attached hydrogen (secondary N) is 1. The van der Waals surface area contributed by atoms with E-state index in [-0.39, 0.29) is 24.9 Å². The number of ether oxygens (including phenoxy) is 1. The van der Waals surface area contributed by atoms with Gasteiger partial charge in [0.05, 0.1) is 25.2 Å². The number of aliphatic hydroxyl groups is 2. The minimum absolute atomic E-state index is 0.0243. The number of hydrogen-bond donors (Lipinski definition) is 3. The number of amides is 1. The van der Waals surface area contributed by atoms with Crippen molar-refractivity contribution in [1.29, 1.82) is 0 Å². The zero-order valence-electron chi connectivity index (χ0n) is 40.2. The molecule has 1 amide bonds. The van der Waals surface area contributed by atoms with Crippen molar-refractivity contribution in [2.75, 3.05) is 6.61 Å². The van der Waals surface area contributed by atoms with Crippen molar-refractivity contribution >= 4 is 11.9 Å². The molecule has 0 heterocycles. The molecule has 6 nitrogen and oxygen atoms in total. The van der Waals surface area contributed by atoms with Gasteiger partial charge in [-0.3, -0.25) is 9.59 Å². The SMILES string of the molecule is CCCCC/C=C\C/C=C\C/C=C\C/C=C\CCCC(=O)OC(CCCCC/C=C/C=C/C=C/C=C/CCCCC)CC(=O)NC(CO)C(O)CCCCCCCCCCCC. The van der Waals surface area contributed by atoms with Gasteiger partial charge in [-0.2, -0.15) is 0 Å². The van der Waals surface area contributed by atoms with E-state index < -0.39 is 18.2 Å². The highest BCUT2D eigenvalue weighted by atomic mass is 16.5. The van der Waals surface area contributed by atoms with E-state index >= 15 is 0 Å². The Kier molecular flexibility index (Phi) is 46.3. The van der Waals surface area contributed by atoms with Gasteiger partial charge in [0, 0.05) is 6.42 Å².